The van der Waals surface area contributed by atoms with Crippen molar-refractivity contribution >= 4 is 11.6 Å². The van der Waals surface area contributed by atoms with E-state index in [0.717, 1.165) is 5.71 Å². The predicted octanol–water partition coefficient (Wildman–Crippen LogP) is 1.77. The van der Waals surface area contributed by atoms with Gasteiger partial charge in [-0.1, -0.05) is 5.16 Å². The molecule has 1 aromatic rings. The molecule has 2 rings (SSSR count). The van der Waals surface area contributed by atoms with Crippen molar-refractivity contribution in [1.82, 2.24) is 4.90 Å². The first-order chi connectivity index (χ1) is 8.61. The number of hydrogen-bond donors (Lipinski definition) is 2. The Morgan fingerprint density at radius 2 is 2.00 bits per heavy atom. The van der Waals surface area contributed by atoms with Crippen molar-refractivity contribution in [1.29, 1.82) is 0 Å². The van der Waals surface area contributed by atoms with E-state index in [9.17, 15) is 9.90 Å². The van der Waals surface area contributed by atoms with Gasteiger partial charge in [0.15, 0.2) is 0 Å². The van der Waals surface area contributed by atoms with Gasteiger partial charge in [-0.2, -0.15) is 0 Å². The first kappa shape index (κ1) is 12.4. The SMILES string of the molecule is Cc1cc(C(=O)N2CCC(=NO)CC2)ccc1O. The van der Waals surface area contributed by atoms with Crippen molar-refractivity contribution in [2.45, 2.75) is 19.8 Å². The van der Waals surface area contributed by atoms with Crippen LogP contribution in [0.1, 0.15) is 28.8 Å². The van der Waals surface area contributed by atoms with Gasteiger partial charge in [0.25, 0.3) is 5.91 Å². The number of carbonyl (C=O) groups is 1. The molecule has 0 atom stereocenters. The predicted molar refractivity (Wildman–Crippen MR) is 67.2 cm³/mol. The monoisotopic (exact) mass is 248 g/mol. The van der Waals surface area contributed by atoms with E-state index in [4.69, 9.17) is 5.21 Å². The van der Waals surface area contributed by atoms with Gasteiger partial charge in [-0.3, -0.25) is 4.79 Å². The first-order valence-electron chi connectivity index (χ1n) is 5.90. The van der Waals surface area contributed by atoms with E-state index in [2.05, 4.69) is 5.16 Å². The van der Waals surface area contributed by atoms with Gasteiger partial charge in [-0.25, -0.2) is 0 Å². The largest absolute Gasteiger partial charge is 0.508 e. The molecule has 0 unspecified atom stereocenters. The smallest absolute Gasteiger partial charge is 0.253 e. The van der Waals surface area contributed by atoms with Crippen LogP contribution in [0.2, 0.25) is 0 Å². The summed E-state index contributed by atoms with van der Waals surface area (Å²) in [5, 5.41) is 21.3. The number of oxime groups is 1. The number of hydrogen-bond acceptors (Lipinski definition) is 4. The molecule has 96 valence electrons. The summed E-state index contributed by atoms with van der Waals surface area (Å²) in [4.78, 5) is 13.9. The van der Waals surface area contributed by atoms with Gasteiger partial charge >= 0.3 is 0 Å². The third-order valence-electron chi connectivity index (χ3n) is 3.21. The van der Waals surface area contributed by atoms with E-state index in [1.54, 1.807) is 24.0 Å². The molecule has 0 aromatic heterocycles. The third kappa shape index (κ3) is 2.45. The molecule has 1 heterocycles. The van der Waals surface area contributed by atoms with Crippen LogP contribution in [0.3, 0.4) is 0 Å². The van der Waals surface area contributed by atoms with Gasteiger partial charge < -0.3 is 15.2 Å². The van der Waals surface area contributed by atoms with E-state index in [1.165, 1.54) is 6.07 Å². The zero-order chi connectivity index (χ0) is 13.1. The normalized spacial score (nSPS) is 15.6. The van der Waals surface area contributed by atoms with Gasteiger partial charge in [0.2, 0.25) is 0 Å². The number of nitrogens with zero attached hydrogens (tertiary/aromatic N) is 2. The molecule has 5 nitrogen and oxygen atoms in total. The van der Waals surface area contributed by atoms with Crippen molar-refractivity contribution < 1.29 is 15.1 Å². The van der Waals surface area contributed by atoms with Crippen molar-refractivity contribution in [2.75, 3.05) is 13.1 Å². The Morgan fingerprint density at radius 3 is 2.56 bits per heavy atom. The van der Waals surface area contributed by atoms with Crippen LogP contribution in [0, 0.1) is 6.92 Å². The van der Waals surface area contributed by atoms with Crippen molar-refractivity contribution in [2.24, 2.45) is 5.16 Å². The number of aryl methyl sites for hydroxylation is 1. The molecule has 0 saturated carbocycles. The van der Waals surface area contributed by atoms with E-state index in [-0.39, 0.29) is 11.7 Å². The zero-order valence-electron chi connectivity index (χ0n) is 10.3. The Kier molecular flexibility index (Phi) is 3.50. The van der Waals surface area contributed by atoms with Gasteiger partial charge in [0.1, 0.15) is 5.75 Å². The van der Waals surface area contributed by atoms with Crippen molar-refractivity contribution in [3.8, 4) is 5.75 Å². The van der Waals surface area contributed by atoms with Gasteiger partial charge in [-0.05, 0) is 30.7 Å². The quantitative estimate of drug-likeness (QED) is 0.587. The Hall–Kier alpha value is -2.04. The molecule has 1 aromatic carbocycles. The molecule has 0 bridgehead atoms. The van der Waals surface area contributed by atoms with Gasteiger partial charge in [0, 0.05) is 31.5 Å². The Labute approximate surface area is 105 Å². The highest BCUT2D eigenvalue weighted by atomic mass is 16.4. The highest BCUT2D eigenvalue weighted by molar-refractivity contribution is 5.96. The minimum absolute atomic E-state index is 0.0462. The summed E-state index contributed by atoms with van der Waals surface area (Å²) in [7, 11) is 0. The number of phenolic OH excluding ortho intramolecular Hbond substituents is 1. The number of benzene rings is 1. The number of carbonyl (C=O) groups excluding carboxylic acids is 1. The molecule has 2 N–H and O–H groups in total. The summed E-state index contributed by atoms with van der Waals surface area (Å²) in [6, 6.07) is 4.85. The van der Waals surface area contributed by atoms with Crippen LogP contribution in [0.4, 0.5) is 0 Å². The number of rotatable bonds is 1. The third-order valence-corrected chi connectivity index (χ3v) is 3.21. The maximum absolute atomic E-state index is 12.2. The maximum Gasteiger partial charge on any atom is 0.253 e. The molecule has 1 amide bonds. The second kappa shape index (κ2) is 5.08. The molecule has 1 saturated heterocycles. The molecule has 18 heavy (non-hydrogen) atoms. The highest BCUT2D eigenvalue weighted by Crippen LogP contribution is 2.19. The van der Waals surface area contributed by atoms with Crippen LogP contribution >= 0.6 is 0 Å². The second-order valence-corrected chi connectivity index (χ2v) is 4.46. The van der Waals surface area contributed by atoms with Crippen LogP contribution < -0.4 is 0 Å². The molecule has 0 radical (unpaired) electrons. The number of likely N-dealkylation sites (tertiary alicyclic amines) is 1. The zero-order valence-corrected chi connectivity index (χ0v) is 10.3. The molecular formula is C13H16N2O3. The summed E-state index contributed by atoms with van der Waals surface area (Å²) in [5.74, 6) is 0.148. The molecule has 1 aliphatic heterocycles. The number of phenols is 1. The summed E-state index contributed by atoms with van der Waals surface area (Å²) in [5.41, 5.74) is 2.01. The summed E-state index contributed by atoms with van der Waals surface area (Å²) < 4.78 is 0. The van der Waals surface area contributed by atoms with E-state index >= 15 is 0 Å². The standard InChI is InChI=1S/C13H16N2O3/c1-9-8-10(2-3-12(9)16)13(17)15-6-4-11(14-18)5-7-15/h2-3,8,16,18H,4-7H2,1H3. The highest BCUT2D eigenvalue weighted by Gasteiger charge is 2.21. The van der Waals surface area contributed by atoms with Crippen LogP contribution in [0.15, 0.2) is 23.4 Å². The number of piperidine rings is 1. The summed E-state index contributed by atoms with van der Waals surface area (Å²) in [6.45, 7) is 2.90. The molecule has 0 spiro atoms. The lowest BCUT2D eigenvalue weighted by Crippen LogP contribution is -2.38. The maximum atomic E-state index is 12.2. The minimum Gasteiger partial charge on any atom is -0.508 e. The lowest BCUT2D eigenvalue weighted by atomic mass is 10.1. The average Bonchev–Trinajstić information content (AvgIpc) is 2.41. The van der Waals surface area contributed by atoms with Crippen LogP contribution in [-0.4, -0.2) is 39.9 Å². The van der Waals surface area contributed by atoms with Crippen molar-refractivity contribution in [3.05, 3.63) is 29.3 Å². The fourth-order valence-corrected chi connectivity index (χ4v) is 2.04. The second-order valence-electron chi connectivity index (χ2n) is 4.46. The first-order valence-corrected chi connectivity index (χ1v) is 5.90. The summed E-state index contributed by atoms with van der Waals surface area (Å²) >= 11 is 0. The molecule has 1 fully saturated rings. The Bertz CT molecular complexity index is 487. The minimum atomic E-state index is -0.0462. The van der Waals surface area contributed by atoms with E-state index < -0.39 is 0 Å². The van der Waals surface area contributed by atoms with Gasteiger partial charge in [0.05, 0.1) is 5.71 Å². The van der Waals surface area contributed by atoms with E-state index in [1.807, 2.05) is 0 Å². The topological polar surface area (TPSA) is 73.1 Å². The lowest BCUT2D eigenvalue weighted by molar-refractivity contribution is 0.0753. The Morgan fingerprint density at radius 1 is 1.33 bits per heavy atom. The molecule has 0 aliphatic carbocycles. The number of amides is 1. The Balaban J connectivity index is 2.10. The fourth-order valence-electron chi connectivity index (χ4n) is 2.04. The number of aromatic hydroxyl groups is 1. The fraction of sp³-hybridized carbons (Fsp3) is 0.385. The molecular weight excluding hydrogens is 232 g/mol. The molecule has 5 heteroatoms. The average molecular weight is 248 g/mol. The van der Waals surface area contributed by atoms with Crippen molar-refractivity contribution in [3.63, 3.8) is 0 Å². The summed E-state index contributed by atoms with van der Waals surface area (Å²) in [6.07, 6.45) is 1.22. The lowest BCUT2D eigenvalue weighted by Gasteiger charge is -2.27. The van der Waals surface area contributed by atoms with Gasteiger partial charge in [-0.15, -0.1) is 0 Å². The van der Waals surface area contributed by atoms with Crippen LogP contribution in [0.25, 0.3) is 0 Å². The van der Waals surface area contributed by atoms with Crippen LogP contribution in [-0.2, 0) is 0 Å². The van der Waals surface area contributed by atoms with E-state index in [0.29, 0.717) is 37.1 Å². The van der Waals surface area contributed by atoms with Crippen LogP contribution in [0.5, 0.6) is 5.75 Å². The molecule has 1 aliphatic rings.